The lowest BCUT2D eigenvalue weighted by atomic mass is 9.98. The maximum absolute atomic E-state index is 12.4. The van der Waals surface area contributed by atoms with Gasteiger partial charge in [-0.2, -0.15) is 0 Å². The number of hydrogen-bond acceptors (Lipinski definition) is 3. The largest absolute Gasteiger partial charge is 0.472 e. The lowest BCUT2D eigenvalue weighted by molar-refractivity contribution is 0.0734. The molecule has 1 aromatic carbocycles. The van der Waals surface area contributed by atoms with E-state index in [9.17, 15) is 4.79 Å². The summed E-state index contributed by atoms with van der Waals surface area (Å²) in [6.07, 6.45) is 6.59. The minimum Gasteiger partial charge on any atom is -0.472 e. The molecule has 0 N–H and O–H groups in total. The predicted molar refractivity (Wildman–Crippen MR) is 85.0 cm³/mol. The molecule has 2 aliphatic rings. The van der Waals surface area contributed by atoms with Crippen molar-refractivity contribution in [2.24, 2.45) is 0 Å². The number of amides is 1. The summed E-state index contributed by atoms with van der Waals surface area (Å²) in [6.45, 7) is 3.81. The van der Waals surface area contributed by atoms with Crippen molar-refractivity contribution in [3.8, 4) is 0 Å². The first-order valence-electron chi connectivity index (χ1n) is 7.99. The lowest BCUT2D eigenvalue weighted by Gasteiger charge is -2.30. The second-order valence-corrected chi connectivity index (χ2v) is 6.14. The Kier molecular flexibility index (Phi) is 3.37. The number of nitrogens with zero attached hydrogens (tertiary/aromatic N) is 2. The average Bonchev–Trinajstić information content (AvgIpc) is 3.26. The fraction of sp³-hybridized carbons (Fsp3) is 0.389. The van der Waals surface area contributed by atoms with Gasteiger partial charge in [-0.15, -0.1) is 0 Å². The molecule has 0 saturated carbocycles. The molecule has 3 heterocycles. The molecule has 1 amide bonds. The lowest BCUT2D eigenvalue weighted by Crippen LogP contribution is -2.35. The van der Waals surface area contributed by atoms with E-state index in [-0.39, 0.29) is 5.91 Å². The van der Waals surface area contributed by atoms with Crippen molar-refractivity contribution in [1.82, 2.24) is 4.90 Å². The van der Waals surface area contributed by atoms with Gasteiger partial charge in [-0.3, -0.25) is 4.79 Å². The van der Waals surface area contributed by atoms with Crippen LogP contribution in [0.15, 0.2) is 41.2 Å². The Balaban J connectivity index is 1.53. The summed E-state index contributed by atoms with van der Waals surface area (Å²) in [7, 11) is 0. The second kappa shape index (κ2) is 5.52. The Morgan fingerprint density at radius 1 is 1.05 bits per heavy atom. The fourth-order valence-electron chi connectivity index (χ4n) is 3.45. The summed E-state index contributed by atoms with van der Waals surface area (Å²) in [5, 5.41) is 0. The van der Waals surface area contributed by atoms with E-state index in [0.717, 1.165) is 13.0 Å². The van der Waals surface area contributed by atoms with Gasteiger partial charge in [-0.25, -0.2) is 0 Å². The number of anilines is 1. The van der Waals surface area contributed by atoms with E-state index < -0.39 is 0 Å². The van der Waals surface area contributed by atoms with Crippen LogP contribution in [0.1, 0.15) is 34.3 Å². The Morgan fingerprint density at radius 3 is 2.68 bits per heavy atom. The van der Waals surface area contributed by atoms with Gasteiger partial charge in [0.25, 0.3) is 5.91 Å². The molecular weight excluding hydrogens is 276 g/mol. The highest BCUT2D eigenvalue weighted by Gasteiger charge is 2.23. The van der Waals surface area contributed by atoms with Crippen LogP contribution in [0.5, 0.6) is 0 Å². The minimum atomic E-state index is 0.0584. The highest BCUT2D eigenvalue weighted by atomic mass is 16.3. The standard InChI is InChI=1S/C18H20N2O2/c21-18(16-6-10-22-13-16)20-9-5-14-11-17(4-3-15(14)12-20)19-7-1-2-8-19/h3-4,6,10-11,13H,1-2,5,7-9,12H2. The predicted octanol–water partition coefficient (Wildman–Crippen LogP) is 3.08. The topological polar surface area (TPSA) is 36.7 Å². The maximum atomic E-state index is 12.4. The zero-order valence-electron chi connectivity index (χ0n) is 12.6. The molecule has 1 saturated heterocycles. The molecule has 4 nitrogen and oxygen atoms in total. The van der Waals surface area contributed by atoms with E-state index in [1.165, 1.54) is 49.0 Å². The number of benzene rings is 1. The van der Waals surface area contributed by atoms with Gasteiger partial charge in [0.2, 0.25) is 0 Å². The number of rotatable bonds is 2. The van der Waals surface area contributed by atoms with Gasteiger partial charge in [0, 0.05) is 31.9 Å². The quantitative estimate of drug-likeness (QED) is 0.854. The molecule has 22 heavy (non-hydrogen) atoms. The van der Waals surface area contributed by atoms with Crippen molar-refractivity contribution >= 4 is 11.6 Å². The van der Waals surface area contributed by atoms with Crippen LogP contribution < -0.4 is 4.90 Å². The van der Waals surface area contributed by atoms with E-state index in [1.807, 2.05) is 4.90 Å². The second-order valence-electron chi connectivity index (χ2n) is 6.14. The Bertz CT molecular complexity index is 672. The molecule has 1 fully saturated rings. The first-order valence-corrected chi connectivity index (χ1v) is 7.99. The minimum absolute atomic E-state index is 0.0584. The molecule has 0 spiro atoms. The number of carbonyl (C=O) groups excluding carboxylic acids is 1. The zero-order chi connectivity index (χ0) is 14.9. The van der Waals surface area contributed by atoms with Gasteiger partial charge < -0.3 is 14.2 Å². The SMILES string of the molecule is O=C(c1ccoc1)N1CCc2cc(N3CCCC3)ccc2C1. The van der Waals surface area contributed by atoms with Crippen molar-refractivity contribution in [2.45, 2.75) is 25.8 Å². The van der Waals surface area contributed by atoms with Crippen molar-refractivity contribution in [2.75, 3.05) is 24.5 Å². The van der Waals surface area contributed by atoms with E-state index in [4.69, 9.17) is 4.42 Å². The Labute approximate surface area is 130 Å². The summed E-state index contributed by atoms with van der Waals surface area (Å²) in [5.41, 5.74) is 4.63. The van der Waals surface area contributed by atoms with Gasteiger partial charge in [0.1, 0.15) is 6.26 Å². The number of hydrogen-bond donors (Lipinski definition) is 0. The van der Waals surface area contributed by atoms with E-state index in [2.05, 4.69) is 23.1 Å². The summed E-state index contributed by atoms with van der Waals surface area (Å²) < 4.78 is 5.02. The van der Waals surface area contributed by atoms with Gasteiger partial charge in [0.15, 0.2) is 0 Å². The van der Waals surface area contributed by atoms with Gasteiger partial charge in [-0.05, 0) is 48.6 Å². The molecule has 2 aromatic rings. The summed E-state index contributed by atoms with van der Waals surface area (Å²) in [6, 6.07) is 8.45. The van der Waals surface area contributed by atoms with Gasteiger partial charge >= 0.3 is 0 Å². The van der Waals surface area contributed by atoms with Crippen molar-refractivity contribution in [3.05, 3.63) is 53.5 Å². The van der Waals surface area contributed by atoms with E-state index in [0.29, 0.717) is 12.1 Å². The fourth-order valence-corrected chi connectivity index (χ4v) is 3.45. The molecule has 0 aliphatic carbocycles. The van der Waals surface area contributed by atoms with Gasteiger partial charge in [0.05, 0.1) is 11.8 Å². The van der Waals surface area contributed by atoms with Crippen LogP contribution in [0.3, 0.4) is 0 Å². The van der Waals surface area contributed by atoms with Crippen LogP contribution in [-0.2, 0) is 13.0 Å². The normalized spacial score (nSPS) is 17.6. The van der Waals surface area contributed by atoms with Crippen LogP contribution in [-0.4, -0.2) is 30.4 Å². The molecule has 0 bridgehead atoms. The Hall–Kier alpha value is -2.23. The van der Waals surface area contributed by atoms with Crippen LogP contribution in [0, 0.1) is 0 Å². The highest BCUT2D eigenvalue weighted by molar-refractivity contribution is 5.94. The molecule has 2 aliphatic heterocycles. The van der Waals surface area contributed by atoms with E-state index in [1.54, 1.807) is 12.3 Å². The van der Waals surface area contributed by atoms with Crippen molar-refractivity contribution < 1.29 is 9.21 Å². The third-order valence-electron chi connectivity index (χ3n) is 4.73. The van der Waals surface area contributed by atoms with Crippen LogP contribution in [0.4, 0.5) is 5.69 Å². The Morgan fingerprint density at radius 2 is 1.91 bits per heavy atom. The molecule has 0 unspecified atom stereocenters. The smallest absolute Gasteiger partial charge is 0.257 e. The zero-order valence-corrected chi connectivity index (χ0v) is 12.6. The monoisotopic (exact) mass is 296 g/mol. The molecule has 1 aromatic heterocycles. The number of furan rings is 1. The van der Waals surface area contributed by atoms with Gasteiger partial charge in [-0.1, -0.05) is 6.07 Å². The first kappa shape index (κ1) is 13.4. The third-order valence-corrected chi connectivity index (χ3v) is 4.73. The summed E-state index contributed by atoms with van der Waals surface area (Å²) >= 11 is 0. The molecule has 114 valence electrons. The molecular formula is C18H20N2O2. The number of fused-ring (bicyclic) bond motifs is 1. The number of carbonyl (C=O) groups is 1. The van der Waals surface area contributed by atoms with Crippen molar-refractivity contribution in [3.63, 3.8) is 0 Å². The summed E-state index contributed by atoms with van der Waals surface area (Å²) in [4.78, 5) is 16.8. The van der Waals surface area contributed by atoms with Crippen LogP contribution in [0.25, 0.3) is 0 Å². The van der Waals surface area contributed by atoms with Crippen molar-refractivity contribution in [1.29, 1.82) is 0 Å². The van der Waals surface area contributed by atoms with Crippen LogP contribution >= 0.6 is 0 Å². The third kappa shape index (κ3) is 2.39. The van der Waals surface area contributed by atoms with E-state index >= 15 is 0 Å². The first-order chi connectivity index (χ1) is 10.8. The molecule has 0 radical (unpaired) electrons. The maximum Gasteiger partial charge on any atom is 0.257 e. The molecule has 4 rings (SSSR count). The average molecular weight is 296 g/mol. The summed E-state index contributed by atoms with van der Waals surface area (Å²) in [5.74, 6) is 0.0584. The van der Waals surface area contributed by atoms with Crippen LogP contribution in [0.2, 0.25) is 0 Å². The molecule has 4 heteroatoms. The highest BCUT2D eigenvalue weighted by Crippen LogP contribution is 2.27. The molecule has 0 atom stereocenters.